The van der Waals surface area contributed by atoms with Gasteiger partial charge in [0.15, 0.2) is 0 Å². The monoisotopic (exact) mass is 246 g/mol. The molecule has 1 heterocycles. The average molecular weight is 246 g/mol. The standard InChI is InChI=1S/C12H14N4O2/c1-3-9-11(8-15(2)14-9)13-10-6-4-5-7-12(10)16(17)18/h4-8,13H,3H2,1-2H3. The maximum Gasteiger partial charge on any atom is 0.292 e. The van der Waals surface area contributed by atoms with Gasteiger partial charge in [0.05, 0.1) is 16.3 Å². The molecule has 6 heteroatoms. The summed E-state index contributed by atoms with van der Waals surface area (Å²) in [5.41, 5.74) is 2.22. The molecule has 0 bridgehead atoms. The molecule has 0 aliphatic rings. The summed E-state index contributed by atoms with van der Waals surface area (Å²) in [5.74, 6) is 0. The lowest BCUT2D eigenvalue weighted by atomic mass is 10.2. The largest absolute Gasteiger partial charge is 0.347 e. The Balaban J connectivity index is 2.36. The molecule has 0 spiro atoms. The minimum atomic E-state index is -0.398. The molecule has 0 unspecified atom stereocenters. The molecule has 1 aromatic heterocycles. The Morgan fingerprint density at radius 2 is 2.11 bits per heavy atom. The van der Waals surface area contributed by atoms with E-state index in [1.807, 2.05) is 20.2 Å². The predicted octanol–water partition coefficient (Wildman–Crippen LogP) is 2.63. The van der Waals surface area contributed by atoms with Gasteiger partial charge in [0.2, 0.25) is 0 Å². The van der Waals surface area contributed by atoms with E-state index in [-0.39, 0.29) is 5.69 Å². The Labute approximate surface area is 104 Å². The first-order valence-electron chi connectivity index (χ1n) is 5.64. The number of rotatable bonds is 4. The molecule has 1 N–H and O–H groups in total. The Hall–Kier alpha value is -2.37. The van der Waals surface area contributed by atoms with Gasteiger partial charge in [-0.2, -0.15) is 5.10 Å². The molecule has 0 radical (unpaired) electrons. The third kappa shape index (κ3) is 2.32. The van der Waals surface area contributed by atoms with Gasteiger partial charge in [-0.3, -0.25) is 14.8 Å². The minimum absolute atomic E-state index is 0.0587. The van der Waals surface area contributed by atoms with Crippen LogP contribution in [0.5, 0.6) is 0 Å². The van der Waals surface area contributed by atoms with Gasteiger partial charge in [-0.15, -0.1) is 0 Å². The van der Waals surface area contributed by atoms with Crippen LogP contribution in [0.25, 0.3) is 0 Å². The lowest BCUT2D eigenvalue weighted by Crippen LogP contribution is -1.97. The highest BCUT2D eigenvalue weighted by molar-refractivity contribution is 5.70. The fourth-order valence-corrected chi connectivity index (χ4v) is 1.78. The number of nitro benzene ring substituents is 1. The predicted molar refractivity (Wildman–Crippen MR) is 69.0 cm³/mol. The number of aryl methyl sites for hydroxylation is 2. The summed E-state index contributed by atoms with van der Waals surface area (Å²) in [7, 11) is 1.82. The highest BCUT2D eigenvalue weighted by atomic mass is 16.6. The number of hydrogen-bond donors (Lipinski definition) is 1. The molecule has 0 atom stereocenters. The molecule has 6 nitrogen and oxygen atoms in total. The van der Waals surface area contributed by atoms with E-state index in [4.69, 9.17) is 0 Å². The molecule has 94 valence electrons. The number of para-hydroxylation sites is 2. The number of hydrogen-bond acceptors (Lipinski definition) is 4. The summed E-state index contributed by atoms with van der Waals surface area (Å²) in [6, 6.07) is 6.57. The third-order valence-electron chi connectivity index (χ3n) is 2.61. The van der Waals surface area contributed by atoms with Gasteiger partial charge in [0.25, 0.3) is 5.69 Å². The summed E-state index contributed by atoms with van der Waals surface area (Å²) in [6.07, 6.45) is 2.58. The lowest BCUT2D eigenvalue weighted by molar-refractivity contribution is -0.383. The van der Waals surface area contributed by atoms with Crippen LogP contribution in [0.2, 0.25) is 0 Å². The summed E-state index contributed by atoms with van der Waals surface area (Å²) in [4.78, 5) is 10.5. The van der Waals surface area contributed by atoms with E-state index in [0.29, 0.717) is 5.69 Å². The Bertz CT molecular complexity index is 577. The van der Waals surface area contributed by atoms with Gasteiger partial charge < -0.3 is 5.32 Å². The highest BCUT2D eigenvalue weighted by Crippen LogP contribution is 2.28. The van der Waals surface area contributed by atoms with Crippen molar-refractivity contribution in [2.24, 2.45) is 7.05 Å². The molecule has 2 aromatic rings. The van der Waals surface area contributed by atoms with Crippen molar-refractivity contribution in [3.05, 3.63) is 46.3 Å². The number of aromatic nitrogens is 2. The van der Waals surface area contributed by atoms with Crippen molar-refractivity contribution in [2.45, 2.75) is 13.3 Å². The maximum atomic E-state index is 10.9. The number of anilines is 2. The summed E-state index contributed by atoms with van der Waals surface area (Å²) >= 11 is 0. The summed E-state index contributed by atoms with van der Waals surface area (Å²) in [6.45, 7) is 1.99. The summed E-state index contributed by atoms with van der Waals surface area (Å²) < 4.78 is 1.69. The van der Waals surface area contributed by atoms with Gasteiger partial charge in [-0.25, -0.2) is 0 Å². The molecule has 0 aliphatic carbocycles. The van der Waals surface area contributed by atoms with E-state index < -0.39 is 4.92 Å². The van der Waals surface area contributed by atoms with Crippen molar-refractivity contribution >= 4 is 17.1 Å². The Morgan fingerprint density at radius 3 is 2.78 bits per heavy atom. The number of nitrogens with zero attached hydrogens (tertiary/aromatic N) is 3. The van der Waals surface area contributed by atoms with Crippen LogP contribution in [-0.4, -0.2) is 14.7 Å². The second-order valence-electron chi connectivity index (χ2n) is 3.92. The lowest BCUT2D eigenvalue weighted by Gasteiger charge is -2.05. The molecule has 0 amide bonds. The van der Waals surface area contributed by atoms with Crippen molar-refractivity contribution in [1.29, 1.82) is 0 Å². The van der Waals surface area contributed by atoms with Crippen molar-refractivity contribution < 1.29 is 4.92 Å². The second-order valence-corrected chi connectivity index (χ2v) is 3.92. The smallest absolute Gasteiger partial charge is 0.292 e. The van der Waals surface area contributed by atoms with E-state index in [9.17, 15) is 10.1 Å². The molecular formula is C12H14N4O2. The van der Waals surface area contributed by atoms with Crippen molar-refractivity contribution in [3.8, 4) is 0 Å². The molecule has 0 saturated carbocycles. The highest BCUT2D eigenvalue weighted by Gasteiger charge is 2.14. The van der Waals surface area contributed by atoms with Crippen LogP contribution in [-0.2, 0) is 13.5 Å². The van der Waals surface area contributed by atoms with Crippen LogP contribution < -0.4 is 5.32 Å². The van der Waals surface area contributed by atoms with Gasteiger partial charge in [0.1, 0.15) is 5.69 Å². The number of nitro groups is 1. The zero-order chi connectivity index (χ0) is 13.1. The first-order valence-corrected chi connectivity index (χ1v) is 5.64. The first kappa shape index (κ1) is 12.1. The maximum absolute atomic E-state index is 10.9. The van der Waals surface area contributed by atoms with E-state index in [0.717, 1.165) is 17.8 Å². The van der Waals surface area contributed by atoms with E-state index >= 15 is 0 Å². The van der Waals surface area contributed by atoms with Crippen LogP contribution in [0.15, 0.2) is 30.5 Å². The fraction of sp³-hybridized carbons (Fsp3) is 0.250. The third-order valence-corrected chi connectivity index (χ3v) is 2.61. The van der Waals surface area contributed by atoms with Crippen LogP contribution in [0.4, 0.5) is 17.1 Å². The topological polar surface area (TPSA) is 73.0 Å². The van der Waals surface area contributed by atoms with E-state index in [1.165, 1.54) is 6.07 Å². The van der Waals surface area contributed by atoms with Gasteiger partial charge in [0, 0.05) is 19.3 Å². The zero-order valence-corrected chi connectivity index (χ0v) is 10.3. The van der Waals surface area contributed by atoms with Crippen molar-refractivity contribution in [3.63, 3.8) is 0 Å². The SMILES string of the molecule is CCc1nn(C)cc1Nc1ccccc1[N+](=O)[O-]. The second kappa shape index (κ2) is 4.87. The van der Waals surface area contributed by atoms with Crippen molar-refractivity contribution in [1.82, 2.24) is 9.78 Å². The Morgan fingerprint density at radius 1 is 1.39 bits per heavy atom. The van der Waals surface area contributed by atoms with Crippen molar-refractivity contribution in [2.75, 3.05) is 5.32 Å². The van der Waals surface area contributed by atoms with Crippen LogP contribution in [0.3, 0.4) is 0 Å². The minimum Gasteiger partial charge on any atom is -0.347 e. The Kier molecular flexibility index (Phi) is 3.27. The zero-order valence-electron chi connectivity index (χ0n) is 10.3. The van der Waals surface area contributed by atoms with E-state index in [2.05, 4.69) is 10.4 Å². The first-order chi connectivity index (χ1) is 8.61. The normalized spacial score (nSPS) is 10.3. The molecule has 1 aromatic carbocycles. The van der Waals surface area contributed by atoms with Crippen LogP contribution >= 0.6 is 0 Å². The molecule has 18 heavy (non-hydrogen) atoms. The van der Waals surface area contributed by atoms with Gasteiger partial charge >= 0.3 is 0 Å². The molecule has 2 rings (SSSR count). The molecule has 0 aliphatic heterocycles. The van der Waals surface area contributed by atoms with E-state index in [1.54, 1.807) is 22.9 Å². The fourth-order valence-electron chi connectivity index (χ4n) is 1.78. The average Bonchev–Trinajstić information content (AvgIpc) is 2.70. The molecule has 0 fully saturated rings. The van der Waals surface area contributed by atoms with Crippen LogP contribution in [0.1, 0.15) is 12.6 Å². The van der Waals surface area contributed by atoms with Gasteiger partial charge in [-0.05, 0) is 12.5 Å². The number of nitrogens with one attached hydrogen (secondary N) is 1. The molecular weight excluding hydrogens is 232 g/mol. The number of benzene rings is 1. The van der Waals surface area contributed by atoms with Crippen LogP contribution in [0, 0.1) is 10.1 Å². The quantitative estimate of drug-likeness (QED) is 0.664. The van der Waals surface area contributed by atoms with Gasteiger partial charge in [-0.1, -0.05) is 19.1 Å². The summed E-state index contributed by atoms with van der Waals surface area (Å²) in [5, 5.41) is 18.3. The molecule has 0 saturated heterocycles.